The van der Waals surface area contributed by atoms with E-state index in [2.05, 4.69) is 5.32 Å². The van der Waals surface area contributed by atoms with Gasteiger partial charge in [0.05, 0.1) is 0 Å². The molecule has 0 aromatic heterocycles. The lowest BCUT2D eigenvalue weighted by atomic mass is 9.92. The summed E-state index contributed by atoms with van der Waals surface area (Å²) in [6.45, 7) is 6.11. The molecular weight excluding hydrogens is 309 g/mol. The SMILES string of the molecule is CC(C)(C)CC(=O)Nc1ccc(SCc2ccccc2F)cc1. The second-order valence-corrected chi connectivity index (χ2v) is 7.74. The van der Waals surface area contributed by atoms with Crippen molar-refractivity contribution >= 4 is 23.4 Å². The first-order valence-electron chi connectivity index (χ1n) is 7.60. The van der Waals surface area contributed by atoms with Gasteiger partial charge in [0.1, 0.15) is 5.82 Å². The van der Waals surface area contributed by atoms with Crippen molar-refractivity contribution in [1.82, 2.24) is 0 Å². The highest BCUT2D eigenvalue weighted by molar-refractivity contribution is 7.98. The van der Waals surface area contributed by atoms with Crippen molar-refractivity contribution in [2.24, 2.45) is 5.41 Å². The predicted octanol–water partition coefficient (Wildman–Crippen LogP) is 5.49. The molecule has 0 aliphatic heterocycles. The summed E-state index contributed by atoms with van der Waals surface area (Å²) < 4.78 is 13.6. The summed E-state index contributed by atoms with van der Waals surface area (Å²) in [5.41, 5.74) is 1.45. The molecule has 2 aromatic rings. The third-order valence-electron chi connectivity index (χ3n) is 3.18. The number of nitrogens with one attached hydrogen (secondary N) is 1. The van der Waals surface area contributed by atoms with Crippen molar-refractivity contribution in [2.45, 2.75) is 37.8 Å². The van der Waals surface area contributed by atoms with Crippen molar-refractivity contribution < 1.29 is 9.18 Å². The highest BCUT2D eigenvalue weighted by Crippen LogP contribution is 2.26. The van der Waals surface area contributed by atoms with E-state index in [4.69, 9.17) is 0 Å². The molecule has 1 N–H and O–H groups in total. The fraction of sp³-hybridized carbons (Fsp3) is 0.316. The van der Waals surface area contributed by atoms with Gasteiger partial charge in [-0.05, 0) is 41.3 Å². The average Bonchev–Trinajstić information content (AvgIpc) is 2.46. The maximum Gasteiger partial charge on any atom is 0.224 e. The molecular formula is C19H22FNOS. The van der Waals surface area contributed by atoms with E-state index in [1.807, 2.05) is 51.1 Å². The van der Waals surface area contributed by atoms with Gasteiger partial charge in [0, 0.05) is 22.8 Å². The number of halogens is 1. The second kappa shape index (κ2) is 7.64. The molecule has 2 nitrogen and oxygen atoms in total. The van der Waals surface area contributed by atoms with Gasteiger partial charge in [-0.1, -0.05) is 39.0 Å². The molecule has 2 rings (SSSR count). The van der Waals surface area contributed by atoms with E-state index in [1.54, 1.807) is 23.9 Å². The highest BCUT2D eigenvalue weighted by Gasteiger charge is 2.15. The molecule has 4 heteroatoms. The fourth-order valence-electron chi connectivity index (χ4n) is 2.10. The summed E-state index contributed by atoms with van der Waals surface area (Å²) in [4.78, 5) is 12.9. The minimum atomic E-state index is -0.175. The average molecular weight is 331 g/mol. The topological polar surface area (TPSA) is 29.1 Å². The number of hydrogen-bond acceptors (Lipinski definition) is 2. The maximum atomic E-state index is 13.6. The Morgan fingerprint density at radius 1 is 1.09 bits per heavy atom. The van der Waals surface area contributed by atoms with Crippen molar-refractivity contribution in [3.8, 4) is 0 Å². The molecule has 0 bridgehead atoms. The Balaban J connectivity index is 1.90. The minimum Gasteiger partial charge on any atom is -0.326 e. The summed E-state index contributed by atoms with van der Waals surface area (Å²) in [7, 11) is 0. The van der Waals surface area contributed by atoms with E-state index in [0.717, 1.165) is 10.6 Å². The van der Waals surface area contributed by atoms with Crippen LogP contribution in [0.4, 0.5) is 10.1 Å². The Kier molecular flexibility index (Phi) is 5.83. The van der Waals surface area contributed by atoms with E-state index in [-0.39, 0.29) is 17.1 Å². The standard InChI is InChI=1S/C19H22FNOS/c1-19(2,3)12-18(22)21-15-8-10-16(11-9-15)23-13-14-6-4-5-7-17(14)20/h4-11H,12-13H2,1-3H3,(H,21,22). The van der Waals surface area contributed by atoms with E-state index in [1.165, 1.54) is 6.07 Å². The largest absolute Gasteiger partial charge is 0.326 e. The molecule has 0 aliphatic carbocycles. The van der Waals surface area contributed by atoms with Crippen LogP contribution < -0.4 is 5.32 Å². The van der Waals surface area contributed by atoms with Crippen LogP contribution in [0.1, 0.15) is 32.8 Å². The first kappa shape index (κ1) is 17.5. The number of benzene rings is 2. The van der Waals surface area contributed by atoms with Crippen LogP contribution in [0.3, 0.4) is 0 Å². The monoisotopic (exact) mass is 331 g/mol. The van der Waals surface area contributed by atoms with Gasteiger partial charge in [-0.25, -0.2) is 4.39 Å². The first-order valence-corrected chi connectivity index (χ1v) is 8.58. The number of anilines is 1. The first-order chi connectivity index (χ1) is 10.8. The van der Waals surface area contributed by atoms with Crippen LogP contribution in [0.2, 0.25) is 0 Å². The molecule has 0 unspecified atom stereocenters. The van der Waals surface area contributed by atoms with Crippen LogP contribution >= 0.6 is 11.8 Å². The van der Waals surface area contributed by atoms with Crippen LogP contribution in [0.15, 0.2) is 53.4 Å². The number of hydrogen-bond donors (Lipinski definition) is 1. The van der Waals surface area contributed by atoms with Crippen molar-refractivity contribution in [3.05, 3.63) is 59.9 Å². The van der Waals surface area contributed by atoms with Gasteiger partial charge in [0.15, 0.2) is 0 Å². The molecule has 0 saturated carbocycles. The Morgan fingerprint density at radius 3 is 2.35 bits per heavy atom. The molecule has 0 radical (unpaired) electrons. The Bertz CT molecular complexity index is 662. The lowest BCUT2D eigenvalue weighted by molar-refractivity contribution is -0.117. The predicted molar refractivity (Wildman–Crippen MR) is 95.1 cm³/mol. The zero-order valence-electron chi connectivity index (χ0n) is 13.7. The molecule has 0 fully saturated rings. The Labute approximate surface area is 141 Å². The van der Waals surface area contributed by atoms with Crippen LogP contribution in [-0.4, -0.2) is 5.91 Å². The zero-order valence-corrected chi connectivity index (χ0v) is 14.5. The smallest absolute Gasteiger partial charge is 0.224 e. The van der Waals surface area contributed by atoms with Crippen LogP contribution in [0, 0.1) is 11.2 Å². The molecule has 0 aliphatic rings. The van der Waals surface area contributed by atoms with Gasteiger partial charge in [-0.15, -0.1) is 11.8 Å². The second-order valence-electron chi connectivity index (χ2n) is 6.69. The lowest BCUT2D eigenvalue weighted by Gasteiger charge is -2.17. The third kappa shape index (κ3) is 6.06. The van der Waals surface area contributed by atoms with Gasteiger partial charge in [-0.2, -0.15) is 0 Å². The number of carbonyl (C=O) groups is 1. The molecule has 0 spiro atoms. The van der Waals surface area contributed by atoms with Crippen molar-refractivity contribution in [3.63, 3.8) is 0 Å². The fourth-order valence-corrected chi connectivity index (χ4v) is 2.98. The van der Waals surface area contributed by atoms with E-state index in [9.17, 15) is 9.18 Å². The number of carbonyl (C=O) groups excluding carboxylic acids is 1. The van der Waals surface area contributed by atoms with E-state index in [0.29, 0.717) is 17.7 Å². The summed E-state index contributed by atoms with van der Waals surface area (Å²) in [5.74, 6) is 0.429. The van der Waals surface area contributed by atoms with Gasteiger partial charge in [0.2, 0.25) is 5.91 Å². The zero-order chi connectivity index (χ0) is 16.9. The number of thioether (sulfide) groups is 1. The summed E-state index contributed by atoms with van der Waals surface area (Å²) >= 11 is 1.57. The minimum absolute atomic E-state index is 0.0178. The summed E-state index contributed by atoms with van der Waals surface area (Å²) in [5, 5.41) is 2.90. The molecule has 0 heterocycles. The van der Waals surface area contributed by atoms with Crippen molar-refractivity contribution in [2.75, 3.05) is 5.32 Å². The molecule has 122 valence electrons. The molecule has 2 aromatic carbocycles. The van der Waals surface area contributed by atoms with Gasteiger partial charge >= 0.3 is 0 Å². The van der Waals surface area contributed by atoms with E-state index >= 15 is 0 Å². The number of amides is 1. The summed E-state index contributed by atoms with van der Waals surface area (Å²) in [6, 6.07) is 14.4. The molecule has 0 atom stereocenters. The van der Waals surface area contributed by atoms with Gasteiger partial charge in [-0.3, -0.25) is 4.79 Å². The normalized spacial score (nSPS) is 11.3. The molecule has 1 amide bonds. The summed E-state index contributed by atoms with van der Waals surface area (Å²) in [6.07, 6.45) is 0.483. The van der Waals surface area contributed by atoms with Crippen LogP contribution in [0.25, 0.3) is 0 Å². The Hall–Kier alpha value is -1.81. The Morgan fingerprint density at radius 2 is 1.74 bits per heavy atom. The van der Waals surface area contributed by atoms with Gasteiger partial charge < -0.3 is 5.32 Å². The van der Waals surface area contributed by atoms with Crippen molar-refractivity contribution in [1.29, 1.82) is 0 Å². The lowest BCUT2D eigenvalue weighted by Crippen LogP contribution is -2.19. The quantitative estimate of drug-likeness (QED) is 0.734. The molecule has 23 heavy (non-hydrogen) atoms. The van der Waals surface area contributed by atoms with Crippen LogP contribution in [0.5, 0.6) is 0 Å². The van der Waals surface area contributed by atoms with Crippen LogP contribution in [-0.2, 0) is 10.5 Å². The molecule has 0 saturated heterocycles. The van der Waals surface area contributed by atoms with E-state index < -0.39 is 0 Å². The van der Waals surface area contributed by atoms with Gasteiger partial charge in [0.25, 0.3) is 0 Å². The number of rotatable bonds is 5. The third-order valence-corrected chi connectivity index (χ3v) is 4.24. The highest BCUT2D eigenvalue weighted by atomic mass is 32.2. The maximum absolute atomic E-state index is 13.6.